The predicted octanol–water partition coefficient (Wildman–Crippen LogP) is 2.56. The number of imidazole rings is 1. The van der Waals surface area contributed by atoms with Gasteiger partial charge in [-0.3, -0.25) is 9.12 Å². The Bertz CT molecular complexity index is 1030. The number of anilines is 1. The average Bonchev–Trinajstić information content (AvgIpc) is 2.91. The summed E-state index contributed by atoms with van der Waals surface area (Å²) in [6, 6.07) is 10.1. The number of hydrogen-bond acceptors (Lipinski definition) is 5. The van der Waals surface area contributed by atoms with E-state index in [4.69, 9.17) is 21.1 Å². The summed E-state index contributed by atoms with van der Waals surface area (Å²) in [5.74, 6) is 0.850. The lowest BCUT2D eigenvalue weighted by Gasteiger charge is -2.21. The molecule has 0 bridgehead atoms. The molecule has 3 aromatic rings. The van der Waals surface area contributed by atoms with Crippen LogP contribution >= 0.6 is 11.6 Å². The van der Waals surface area contributed by atoms with Gasteiger partial charge in [-0.1, -0.05) is 23.7 Å². The number of nitrogens with zero attached hydrogens (tertiary/aromatic N) is 2. The second-order valence-corrected chi connectivity index (χ2v) is 7.03. The highest BCUT2D eigenvalue weighted by atomic mass is 35.5. The Kier molecular flexibility index (Phi) is 3.50. The van der Waals surface area contributed by atoms with Crippen LogP contribution in [-0.2, 0) is 10.0 Å². The van der Waals surface area contributed by atoms with Crippen molar-refractivity contribution in [1.29, 1.82) is 0 Å². The number of sulfonamides is 1. The maximum atomic E-state index is 12.8. The molecule has 0 saturated heterocycles. The van der Waals surface area contributed by atoms with Gasteiger partial charge in [-0.05, 0) is 24.3 Å². The van der Waals surface area contributed by atoms with Gasteiger partial charge in [-0.2, -0.15) is 8.42 Å². The molecule has 0 spiro atoms. The Morgan fingerprint density at radius 2 is 1.96 bits per heavy atom. The highest BCUT2D eigenvalue weighted by molar-refractivity contribution is 7.92. The number of nitrogens with one attached hydrogen (secondary N) is 1. The molecule has 0 amide bonds. The van der Waals surface area contributed by atoms with Gasteiger partial charge in [0.1, 0.15) is 18.9 Å². The Morgan fingerprint density at radius 1 is 1.12 bits per heavy atom. The molecule has 0 aliphatic carbocycles. The van der Waals surface area contributed by atoms with Crippen molar-refractivity contribution in [2.24, 2.45) is 0 Å². The molecule has 1 N–H and O–H groups in total. The summed E-state index contributed by atoms with van der Waals surface area (Å²) < 4.78 is 40.6. The number of fused-ring (bicyclic) bond motifs is 2. The third-order valence-electron chi connectivity index (χ3n) is 3.51. The molecule has 24 heavy (non-hydrogen) atoms. The van der Waals surface area contributed by atoms with Crippen LogP contribution in [0.15, 0.2) is 47.6 Å². The number of halogens is 1. The lowest BCUT2D eigenvalue weighted by Crippen LogP contribution is -2.20. The molecular formula is C15H12ClN3O4S. The van der Waals surface area contributed by atoms with E-state index >= 15 is 0 Å². The van der Waals surface area contributed by atoms with E-state index in [1.807, 2.05) is 0 Å². The van der Waals surface area contributed by atoms with Crippen molar-refractivity contribution in [1.82, 2.24) is 9.38 Å². The van der Waals surface area contributed by atoms with Crippen LogP contribution in [0.1, 0.15) is 0 Å². The van der Waals surface area contributed by atoms with Crippen LogP contribution in [0.2, 0.25) is 5.15 Å². The van der Waals surface area contributed by atoms with Crippen LogP contribution < -0.4 is 14.2 Å². The Balaban J connectivity index is 1.80. The molecule has 1 aliphatic heterocycles. The van der Waals surface area contributed by atoms with Gasteiger partial charge in [0.15, 0.2) is 21.7 Å². The molecule has 0 atom stereocenters. The van der Waals surface area contributed by atoms with Crippen LogP contribution in [0.3, 0.4) is 0 Å². The fourth-order valence-corrected chi connectivity index (χ4v) is 4.24. The molecule has 0 fully saturated rings. The van der Waals surface area contributed by atoms with Crippen LogP contribution in [0, 0.1) is 0 Å². The van der Waals surface area contributed by atoms with Crippen molar-refractivity contribution in [2.75, 3.05) is 17.9 Å². The van der Waals surface area contributed by atoms with E-state index < -0.39 is 10.0 Å². The van der Waals surface area contributed by atoms with Crippen LogP contribution in [0.5, 0.6) is 11.5 Å². The predicted molar refractivity (Wildman–Crippen MR) is 88.4 cm³/mol. The van der Waals surface area contributed by atoms with E-state index in [2.05, 4.69) is 9.71 Å². The zero-order valence-electron chi connectivity index (χ0n) is 12.3. The molecule has 3 heterocycles. The minimum absolute atomic E-state index is 0.101. The molecule has 0 unspecified atom stereocenters. The van der Waals surface area contributed by atoms with Gasteiger partial charge < -0.3 is 9.47 Å². The first-order valence-corrected chi connectivity index (χ1v) is 8.96. The molecule has 124 valence electrons. The molecule has 1 aromatic carbocycles. The van der Waals surface area contributed by atoms with E-state index in [-0.39, 0.29) is 15.9 Å². The fraction of sp³-hybridized carbons (Fsp3) is 0.133. The standard InChI is InChI=1S/C15H12ClN3O4S/c16-14-15(19-7-2-1-6-12(19)17-14)24(20,21)18-10-4-3-5-11-13(10)23-9-8-22-11/h1-7,18H,8-9H2. The minimum Gasteiger partial charge on any atom is -0.486 e. The highest BCUT2D eigenvalue weighted by Gasteiger charge is 2.27. The number of hydrogen-bond donors (Lipinski definition) is 1. The van der Waals surface area contributed by atoms with Gasteiger partial charge in [-0.25, -0.2) is 4.98 Å². The summed E-state index contributed by atoms with van der Waals surface area (Å²) >= 11 is 6.05. The second kappa shape index (κ2) is 5.57. The Labute approximate surface area is 142 Å². The van der Waals surface area contributed by atoms with Crippen molar-refractivity contribution in [3.63, 3.8) is 0 Å². The molecule has 7 nitrogen and oxygen atoms in total. The first-order chi connectivity index (χ1) is 11.6. The average molecular weight is 366 g/mol. The number of rotatable bonds is 3. The first-order valence-electron chi connectivity index (χ1n) is 7.10. The number of benzene rings is 1. The second-order valence-electron chi connectivity index (χ2n) is 5.07. The molecular weight excluding hydrogens is 354 g/mol. The smallest absolute Gasteiger partial charge is 0.281 e. The van der Waals surface area contributed by atoms with Crippen LogP contribution in [0.25, 0.3) is 5.65 Å². The Hall–Kier alpha value is -2.45. The highest BCUT2D eigenvalue weighted by Crippen LogP contribution is 2.38. The van der Waals surface area contributed by atoms with Crippen molar-refractivity contribution < 1.29 is 17.9 Å². The molecule has 4 rings (SSSR count). The van der Waals surface area contributed by atoms with E-state index in [1.54, 1.807) is 42.6 Å². The quantitative estimate of drug-likeness (QED) is 0.771. The summed E-state index contributed by atoms with van der Waals surface area (Å²) in [6.07, 6.45) is 1.59. The number of pyridine rings is 1. The normalized spacial score (nSPS) is 13.9. The molecule has 0 radical (unpaired) electrons. The van der Waals surface area contributed by atoms with Crippen molar-refractivity contribution in [3.05, 3.63) is 47.7 Å². The first kappa shape index (κ1) is 15.1. The number of para-hydroxylation sites is 1. The SMILES string of the molecule is O=S(=O)(Nc1cccc2c1OCCO2)c1c(Cl)nc2ccccn12. The maximum absolute atomic E-state index is 12.8. The number of ether oxygens (including phenoxy) is 2. The van der Waals surface area contributed by atoms with Gasteiger partial charge in [-0.15, -0.1) is 0 Å². The van der Waals surface area contributed by atoms with Gasteiger partial charge in [0.05, 0.1) is 5.69 Å². The summed E-state index contributed by atoms with van der Waals surface area (Å²) in [5, 5.41) is -0.232. The van der Waals surface area contributed by atoms with Crippen molar-refractivity contribution in [3.8, 4) is 11.5 Å². The maximum Gasteiger partial charge on any atom is 0.281 e. The summed E-state index contributed by atoms with van der Waals surface area (Å²) in [7, 11) is -3.98. The molecule has 1 aliphatic rings. The van der Waals surface area contributed by atoms with E-state index in [9.17, 15) is 8.42 Å². The topological polar surface area (TPSA) is 81.9 Å². The zero-order valence-corrected chi connectivity index (χ0v) is 13.8. The monoisotopic (exact) mass is 365 g/mol. The van der Waals surface area contributed by atoms with Crippen LogP contribution in [-0.4, -0.2) is 31.0 Å². The van der Waals surface area contributed by atoms with E-state index in [1.165, 1.54) is 4.40 Å². The van der Waals surface area contributed by atoms with Gasteiger partial charge >= 0.3 is 0 Å². The molecule has 9 heteroatoms. The fourth-order valence-electron chi connectivity index (χ4n) is 2.53. The van der Waals surface area contributed by atoms with Gasteiger partial charge in [0.2, 0.25) is 0 Å². The molecule has 0 saturated carbocycles. The van der Waals surface area contributed by atoms with Crippen LogP contribution in [0.4, 0.5) is 5.69 Å². The van der Waals surface area contributed by atoms with Gasteiger partial charge in [0.25, 0.3) is 10.0 Å². The van der Waals surface area contributed by atoms with E-state index in [0.717, 1.165) is 0 Å². The lowest BCUT2D eigenvalue weighted by atomic mass is 10.2. The van der Waals surface area contributed by atoms with E-state index in [0.29, 0.717) is 30.4 Å². The lowest BCUT2D eigenvalue weighted by molar-refractivity contribution is 0.172. The minimum atomic E-state index is -3.98. The Morgan fingerprint density at radius 3 is 2.83 bits per heavy atom. The summed E-state index contributed by atoms with van der Waals surface area (Å²) in [6.45, 7) is 0.768. The summed E-state index contributed by atoms with van der Waals surface area (Å²) in [4.78, 5) is 4.06. The zero-order chi connectivity index (χ0) is 16.7. The van der Waals surface area contributed by atoms with Gasteiger partial charge in [0, 0.05) is 6.20 Å². The molecule has 2 aromatic heterocycles. The third-order valence-corrected chi connectivity index (χ3v) is 5.27. The number of aromatic nitrogens is 2. The van der Waals surface area contributed by atoms with Crippen molar-refractivity contribution in [2.45, 2.75) is 5.03 Å². The summed E-state index contributed by atoms with van der Waals surface area (Å²) in [5.41, 5.74) is 0.728. The third kappa shape index (κ3) is 2.44. The van der Waals surface area contributed by atoms with Crippen molar-refractivity contribution >= 4 is 33.0 Å². The largest absolute Gasteiger partial charge is 0.486 e.